The summed E-state index contributed by atoms with van der Waals surface area (Å²) in [6.07, 6.45) is 1.24. The monoisotopic (exact) mass is 295 g/mol. The van der Waals surface area contributed by atoms with E-state index in [-0.39, 0.29) is 6.61 Å². The van der Waals surface area contributed by atoms with Gasteiger partial charge in [0.15, 0.2) is 0 Å². The Kier molecular flexibility index (Phi) is 5.35. The van der Waals surface area contributed by atoms with Gasteiger partial charge in [0.25, 0.3) is 0 Å². The molecule has 0 atom stereocenters. The molecule has 0 unspecified atom stereocenters. The summed E-state index contributed by atoms with van der Waals surface area (Å²) in [5, 5.41) is 10.9. The molecule has 19 heavy (non-hydrogen) atoms. The van der Waals surface area contributed by atoms with Gasteiger partial charge in [-0.1, -0.05) is 25.7 Å². The molecular formula is C15H21NOS2. The summed E-state index contributed by atoms with van der Waals surface area (Å²) >= 11 is 3.84. The fourth-order valence-corrected chi connectivity index (χ4v) is 4.14. The highest BCUT2D eigenvalue weighted by Crippen LogP contribution is 2.31. The minimum Gasteiger partial charge on any atom is -0.384 e. The van der Waals surface area contributed by atoms with Crippen LogP contribution in [-0.2, 0) is 6.54 Å². The zero-order chi connectivity index (χ0) is 13.7. The Morgan fingerprint density at radius 1 is 1.42 bits per heavy atom. The maximum Gasteiger partial charge on any atom is 0.104 e. The van der Waals surface area contributed by atoms with E-state index in [1.165, 1.54) is 17.1 Å². The van der Waals surface area contributed by atoms with E-state index in [2.05, 4.69) is 53.8 Å². The lowest BCUT2D eigenvalue weighted by molar-refractivity contribution is 0.278. The van der Waals surface area contributed by atoms with Gasteiger partial charge in [-0.3, -0.25) is 4.90 Å². The van der Waals surface area contributed by atoms with Gasteiger partial charge in [0.2, 0.25) is 0 Å². The first-order chi connectivity index (χ1) is 9.11. The topological polar surface area (TPSA) is 23.5 Å². The number of thioether (sulfide) groups is 1. The van der Waals surface area contributed by atoms with Crippen LogP contribution in [0, 0.1) is 11.8 Å². The van der Waals surface area contributed by atoms with Crippen molar-refractivity contribution in [1.82, 2.24) is 4.90 Å². The largest absolute Gasteiger partial charge is 0.384 e. The van der Waals surface area contributed by atoms with E-state index in [9.17, 15) is 0 Å². The molecule has 1 aliphatic heterocycles. The third kappa shape index (κ3) is 4.54. The Bertz CT molecular complexity index is 470. The average molecular weight is 295 g/mol. The highest BCUT2D eigenvalue weighted by atomic mass is 32.2. The molecule has 0 bridgehead atoms. The highest BCUT2D eigenvalue weighted by Gasteiger charge is 2.23. The van der Waals surface area contributed by atoms with Crippen LogP contribution < -0.4 is 0 Å². The van der Waals surface area contributed by atoms with Gasteiger partial charge in [-0.25, -0.2) is 0 Å². The molecule has 0 aromatic carbocycles. The van der Waals surface area contributed by atoms with Gasteiger partial charge in [-0.05, 0) is 24.4 Å². The van der Waals surface area contributed by atoms with Crippen molar-refractivity contribution in [2.45, 2.75) is 31.6 Å². The van der Waals surface area contributed by atoms with Gasteiger partial charge < -0.3 is 5.11 Å². The number of aliphatic hydroxyl groups is 1. The quantitative estimate of drug-likeness (QED) is 0.849. The van der Waals surface area contributed by atoms with E-state index in [1.54, 1.807) is 11.3 Å². The normalized spacial score (nSPS) is 19.5. The Morgan fingerprint density at radius 3 is 3.05 bits per heavy atom. The summed E-state index contributed by atoms with van der Waals surface area (Å²) in [5.74, 6) is 6.99. The van der Waals surface area contributed by atoms with Crippen LogP contribution in [0.3, 0.4) is 0 Å². The second kappa shape index (κ2) is 6.81. The SMILES string of the molecule is CC1(C)CCN(Cc2sccc2C#CCO)CCS1. The van der Waals surface area contributed by atoms with Crippen molar-refractivity contribution in [1.29, 1.82) is 0 Å². The van der Waals surface area contributed by atoms with Crippen LogP contribution in [0.15, 0.2) is 11.4 Å². The Labute approximate surface area is 124 Å². The predicted octanol–water partition coefficient (Wildman–Crippen LogP) is 2.81. The Hall–Kier alpha value is -0.470. The predicted molar refractivity (Wildman–Crippen MR) is 84.7 cm³/mol. The maximum absolute atomic E-state index is 8.79. The van der Waals surface area contributed by atoms with Crippen LogP contribution >= 0.6 is 23.1 Å². The lowest BCUT2D eigenvalue weighted by atomic mass is 10.1. The molecule has 2 nitrogen and oxygen atoms in total. The molecule has 1 aromatic rings. The summed E-state index contributed by atoms with van der Waals surface area (Å²) < 4.78 is 0.406. The summed E-state index contributed by atoms with van der Waals surface area (Å²) in [7, 11) is 0. The van der Waals surface area contributed by atoms with Gasteiger partial charge in [0, 0.05) is 34.0 Å². The van der Waals surface area contributed by atoms with Crippen molar-refractivity contribution >= 4 is 23.1 Å². The zero-order valence-corrected chi connectivity index (χ0v) is 13.2. The smallest absolute Gasteiger partial charge is 0.104 e. The van der Waals surface area contributed by atoms with Crippen molar-refractivity contribution in [3.8, 4) is 11.8 Å². The number of rotatable bonds is 2. The molecular weight excluding hydrogens is 274 g/mol. The van der Waals surface area contributed by atoms with Crippen LogP contribution in [0.5, 0.6) is 0 Å². The van der Waals surface area contributed by atoms with E-state index in [1.807, 2.05) is 0 Å². The van der Waals surface area contributed by atoms with Gasteiger partial charge in [-0.15, -0.1) is 11.3 Å². The minimum absolute atomic E-state index is 0.0656. The minimum atomic E-state index is -0.0656. The summed E-state index contributed by atoms with van der Waals surface area (Å²) in [6, 6.07) is 2.05. The van der Waals surface area contributed by atoms with Crippen LogP contribution in [0.4, 0.5) is 0 Å². The second-order valence-electron chi connectivity index (χ2n) is 5.35. The van der Waals surface area contributed by atoms with Gasteiger partial charge in [0.05, 0.1) is 0 Å². The van der Waals surface area contributed by atoms with Crippen molar-refractivity contribution in [2.24, 2.45) is 0 Å². The molecule has 1 N–H and O–H groups in total. The molecule has 0 amide bonds. The lowest BCUT2D eigenvalue weighted by Crippen LogP contribution is -2.26. The van der Waals surface area contributed by atoms with E-state index >= 15 is 0 Å². The number of thiophene rings is 1. The number of hydrogen-bond acceptors (Lipinski definition) is 4. The lowest BCUT2D eigenvalue weighted by Gasteiger charge is -2.22. The molecule has 1 saturated heterocycles. The van der Waals surface area contributed by atoms with Gasteiger partial charge in [-0.2, -0.15) is 11.8 Å². The molecule has 0 radical (unpaired) electrons. The second-order valence-corrected chi connectivity index (χ2v) is 8.15. The molecule has 2 rings (SSSR count). The van der Waals surface area contributed by atoms with E-state index in [0.717, 1.165) is 25.2 Å². The molecule has 0 spiro atoms. The molecule has 4 heteroatoms. The fraction of sp³-hybridized carbons (Fsp3) is 0.600. The van der Waals surface area contributed by atoms with Crippen LogP contribution in [0.25, 0.3) is 0 Å². The fourth-order valence-electron chi connectivity index (χ4n) is 2.13. The Morgan fingerprint density at radius 2 is 2.26 bits per heavy atom. The first-order valence-electron chi connectivity index (χ1n) is 6.63. The van der Waals surface area contributed by atoms with Crippen molar-refractivity contribution in [3.05, 3.63) is 21.9 Å². The number of nitrogens with zero attached hydrogens (tertiary/aromatic N) is 1. The first kappa shape index (κ1) is 14.9. The summed E-state index contributed by atoms with van der Waals surface area (Å²) in [5.41, 5.74) is 1.08. The summed E-state index contributed by atoms with van der Waals surface area (Å²) in [6.45, 7) is 7.91. The standard InChI is InChI=1S/C15H21NOS2/c1-15(2)6-7-16(8-11-19-15)12-14-13(4-3-9-17)5-10-18-14/h5,10,17H,6-9,11-12H2,1-2H3. The van der Waals surface area contributed by atoms with Gasteiger partial charge in [0.1, 0.15) is 6.61 Å². The van der Waals surface area contributed by atoms with Crippen molar-refractivity contribution < 1.29 is 5.11 Å². The zero-order valence-electron chi connectivity index (χ0n) is 11.6. The van der Waals surface area contributed by atoms with E-state index < -0.39 is 0 Å². The molecule has 1 aliphatic rings. The molecule has 0 saturated carbocycles. The first-order valence-corrected chi connectivity index (χ1v) is 8.50. The van der Waals surface area contributed by atoms with Crippen LogP contribution in [0.2, 0.25) is 0 Å². The molecule has 104 valence electrons. The van der Waals surface area contributed by atoms with Crippen LogP contribution in [0.1, 0.15) is 30.7 Å². The highest BCUT2D eigenvalue weighted by molar-refractivity contribution is 8.00. The van der Waals surface area contributed by atoms with Gasteiger partial charge >= 0.3 is 0 Å². The maximum atomic E-state index is 8.79. The molecule has 2 heterocycles. The molecule has 0 aliphatic carbocycles. The summed E-state index contributed by atoms with van der Waals surface area (Å²) in [4.78, 5) is 3.85. The number of aliphatic hydroxyl groups excluding tert-OH is 1. The molecule has 1 aromatic heterocycles. The third-order valence-corrected chi connectivity index (χ3v) is 5.62. The molecule has 1 fully saturated rings. The third-order valence-electron chi connectivity index (χ3n) is 3.35. The number of hydrogen-bond donors (Lipinski definition) is 1. The average Bonchev–Trinajstić information content (AvgIpc) is 2.72. The van der Waals surface area contributed by atoms with Crippen LogP contribution in [-0.4, -0.2) is 40.2 Å². The van der Waals surface area contributed by atoms with Crippen molar-refractivity contribution in [2.75, 3.05) is 25.4 Å². The van der Waals surface area contributed by atoms with E-state index in [4.69, 9.17) is 5.11 Å². The van der Waals surface area contributed by atoms with E-state index in [0.29, 0.717) is 4.75 Å². The van der Waals surface area contributed by atoms with Crippen molar-refractivity contribution in [3.63, 3.8) is 0 Å². The Balaban J connectivity index is 1.99.